The molecule has 0 radical (unpaired) electrons. The summed E-state index contributed by atoms with van der Waals surface area (Å²) in [4.78, 5) is 14.3. The topological polar surface area (TPSA) is 51.1 Å². The monoisotopic (exact) mass is 308 g/mol. The quantitative estimate of drug-likeness (QED) is 0.872. The minimum Gasteiger partial charge on any atom is -0.481 e. The molecule has 0 unspecified atom stereocenters. The fourth-order valence-electron chi connectivity index (χ4n) is 2.34. The second-order valence-electron chi connectivity index (χ2n) is 4.77. The molecule has 1 fully saturated rings. The minimum atomic E-state index is -0.419. The summed E-state index contributed by atoms with van der Waals surface area (Å²) >= 11 is 6.13. The lowest BCUT2D eigenvalue weighted by Gasteiger charge is -2.17. The molecule has 0 N–H and O–H groups in total. The molecule has 21 heavy (non-hydrogen) atoms. The first-order chi connectivity index (χ1) is 10.2. The number of ether oxygens (including phenoxy) is 1. The Labute approximate surface area is 126 Å². The summed E-state index contributed by atoms with van der Waals surface area (Å²) in [6.45, 7) is 1.61. The normalized spacial score (nSPS) is 14.5. The molecule has 1 aliphatic heterocycles. The van der Waals surface area contributed by atoms with E-state index in [9.17, 15) is 4.39 Å². The zero-order chi connectivity index (χ0) is 14.8. The Balaban J connectivity index is 2.04. The molecule has 3 heterocycles. The van der Waals surface area contributed by atoms with E-state index in [1.54, 1.807) is 6.07 Å². The van der Waals surface area contributed by atoms with Gasteiger partial charge in [-0.3, -0.25) is 0 Å². The van der Waals surface area contributed by atoms with Gasteiger partial charge in [-0.25, -0.2) is 19.3 Å². The molecular formula is C14H14ClFN4O. The molecule has 0 amide bonds. The molecule has 110 valence electrons. The van der Waals surface area contributed by atoms with E-state index in [1.807, 2.05) is 4.90 Å². The molecule has 0 spiro atoms. The van der Waals surface area contributed by atoms with Gasteiger partial charge in [0.2, 0.25) is 5.88 Å². The number of anilines is 1. The molecule has 0 aromatic carbocycles. The highest BCUT2D eigenvalue weighted by molar-refractivity contribution is 6.33. The predicted octanol–water partition coefficient (Wildman–Crippen LogP) is 2.94. The highest BCUT2D eigenvalue weighted by Crippen LogP contribution is 2.30. The fraction of sp³-hybridized carbons (Fsp3) is 0.357. The zero-order valence-corrected chi connectivity index (χ0v) is 12.3. The molecule has 0 aliphatic carbocycles. The van der Waals surface area contributed by atoms with Gasteiger partial charge in [0.25, 0.3) is 0 Å². The van der Waals surface area contributed by atoms with E-state index >= 15 is 0 Å². The van der Waals surface area contributed by atoms with Crippen molar-refractivity contribution in [3.05, 3.63) is 29.3 Å². The van der Waals surface area contributed by atoms with Gasteiger partial charge in [0.05, 0.1) is 24.5 Å². The third-order valence-electron chi connectivity index (χ3n) is 3.41. The summed E-state index contributed by atoms with van der Waals surface area (Å²) in [5.41, 5.74) is 0.573. The maximum absolute atomic E-state index is 13.9. The van der Waals surface area contributed by atoms with Crippen LogP contribution >= 0.6 is 11.6 Å². The minimum absolute atomic E-state index is 0.323. The van der Waals surface area contributed by atoms with E-state index in [0.717, 1.165) is 25.9 Å². The summed E-state index contributed by atoms with van der Waals surface area (Å²) in [6.07, 6.45) is 4.74. The van der Waals surface area contributed by atoms with Crippen LogP contribution in [0.5, 0.6) is 5.88 Å². The number of hydrogen-bond donors (Lipinski definition) is 0. The van der Waals surface area contributed by atoms with Crippen molar-refractivity contribution in [2.75, 3.05) is 25.1 Å². The molecule has 0 saturated carbocycles. The van der Waals surface area contributed by atoms with Crippen molar-refractivity contribution in [3.63, 3.8) is 0 Å². The summed E-state index contributed by atoms with van der Waals surface area (Å²) < 4.78 is 19.0. The second-order valence-corrected chi connectivity index (χ2v) is 5.17. The van der Waals surface area contributed by atoms with Gasteiger partial charge in [0.1, 0.15) is 0 Å². The Bertz CT molecular complexity index is 661. The number of aromatic nitrogens is 3. The first-order valence-electron chi connectivity index (χ1n) is 6.66. The van der Waals surface area contributed by atoms with Crippen LogP contribution in [0.3, 0.4) is 0 Å². The Morgan fingerprint density at radius 2 is 2.00 bits per heavy atom. The maximum atomic E-state index is 13.9. The van der Waals surface area contributed by atoms with Crippen LogP contribution in [0.2, 0.25) is 5.02 Å². The number of methoxy groups -OCH3 is 1. The van der Waals surface area contributed by atoms with Crippen molar-refractivity contribution in [3.8, 4) is 17.3 Å². The Morgan fingerprint density at radius 1 is 1.24 bits per heavy atom. The average molecular weight is 309 g/mol. The van der Waals surface area contributed by atoms with Gasteiger partial charge in [-0.1, -0.05) is 11.6 Å². The molecule has 1 saturated heterocycles. The first kappa shape index (κ1) is 14.0. The molecule has 3 rings (SSSR count). The average Bonchev–Trinajstić information content (AvgIpc) is 3.02. The molecule has 2 aromatic heterocycles. The second kappa shape index (κ2) is 5.81. The number of rotatable bonds is 3. The van der Waals surface area contributed by atoms with Crippen LogP contribution in [-0.2, 0) is 0 Å². The van der Waals surface area contributed by atoms with E-state index in [-0.39, 0.29) is 0 Å². The van der Waals surface area contributed by atoms with Crippen LogP contribution in [0.25, 0.3) is 11.4 Å². The van der Waals surface area contributed by atoms with Crippen LogP contribution in [0.1, 0.15) is 12.8 Å². The summed E-state index contributed by atoms with van der Waals surface area (Å²) in [7, 11) is 1.52. The lowest BCUT2D eigenvalue weighted by atomic mass is 10.2. The van der Waals surface area contributed by atoms with Crippen molar-refractivity contribution in [2.24, 2.45) is 0 Å². The summed E-state index contributed by atoms with van der Waals surface area (Å²) in [5, 5.41) is 0.398. The highest BCUT2D eigenvalue weighted by atomic mass is 35.5. The van der Waals surface area contributed by atoms with Gasteiger partial charge < -0.3 is 9.64 Å². The maximum Gasteiger partial charge on any atom is 0.213 e. The van der Waals surface area contributed by atoms with Gasteiger partial charge in [0.15, 0.2) is 17.5 Å². The zero-order valence-electron chi connectivity index (χ0n) is 11.5. The number of pyridine rings is 1. The summed E-state index contributed by atoms with van der Waals surface area (Å²) in [6, 6.07) is 1.64. The van der Waals surface area contributed by atoms with Gasteiger partial charge in [-0.15, -0.1) is 0 Å². The van der Waals surface area contributed by atoms with Crippen molar-refractivity contribution < 1.29 is 9.13 Å². The largest absolute Gasteiger partial charge is 0.481 e. The van der Waals surface area contributed by atoms with Crippen LogP contribution < -0.4 is 9.64 Å². The van der Waals surface area contributed by atoms with Crippen molar-refractivity contribution in [1.82, 2.24) is 15.0 Å². The third-order valence-corrected chi connectivity index (χ3v) is 3.71. The van der Waals surface area contributed by atoms with Crippen molar-refractivity contribution in [2.45, 2.75) is 12.8 Å². The molecule has 1 aliphatic rings. The predicted molar refractivity (Wildman–Crippen MR) is 78.2 cm³/mol. The molecule has 2 aromatic rings. The standard InChI is InChI=1S/C14H14ClFN4O/c1-21-12-6-9(10(15)7-17-12)13-18-8-11(16)14(19-13)20-4-2-3-5-20/h6-8H,2-5H2,1H3. The Kier molecular flexibility index (Phi) is 3.88. The molecule has 0 atom stereocenters. The van der Waals surface area contributed by atoms with Gasteiger partial charge in [0, 0.05) is 24.7 Å². The number of halogens is 2. The number of hydrogen-bond acceptors (Lipinski definition) is 5. The van der Waals surface area contributed by atoms with E-state index in [2.05, 4.69) is 15.0 Å². The van der Waals surface area contributed by atoms with Crippen LogP contribution in [0.15, 0.2) is 18.5 Å². The highest BCUT2D eigenvalue weighted by Gasteiger charge is 2.20. The lowest BCUT2D eigenvalue weighted by Crippen LogP contribution is -2.21. The first-order valence-corrected chi connectivity index (χ1v) is 7.04. The van der Waals surface area contributed by atoms with Crippen LogP contribution in [0.4, 0.5) is 10.2 Å². The lowest BCUT2D eigenvalue weighted by molar-refractivity contribution is 0.398. The van der Waals surface area contributed by atoms with E-state index in [0.29, 0.717) is 28.1 Å². The van der Waals surface area contributed by atoms with Gasteiger partial charge in [-0.05, 0) is 12.8 Å². The van der Waals surface area contributed by atoms with Crippen LogP contribution in [0, 0.1) is 5.82 Å². The molecule has 0 bridgehead atoms. The molecule has 5 nitrogen and oxygen atoms in total. The fourth-order valence-corrected chi connectivity index (χ4v) is 2.53. The van der Waals surface area contributed by atoms with Gasteiger partial charge in [-0.2, -0.15) is 0 Å². The Morgan fingerprint density at radius 3 is 2.71 bits per heavy atom. The number of nitrogens with zero attached hydrogens (tertiary/aromatic N) is 4. The van der Waals surface area contributed by atoms with Crippen molar-refractivity contribution in [1.29, 1.82) is 0 Å². The van der Waals surface area contributed by atoms with Crippen molar-refractivity contribution >= 4 is 17.4 Å². The van der Waals surface area contributed by atoms with E-state index in [4.69, 9.17) is 16.3 Å². The molecular weight excluding hydrogens is 295 g/mol. The Hall–Kier alpha value is -1.95. The summed E-state index contributed by atoms with van der Waals surface area (Å²) in [5.74, 6) is 0.677. The van der Waals surface area contributed by atoms with Crippen LogP contribution in [-0.4, -0.2) is 35.2 Å². The van der Waals surface area contributed by atoms with E-state index in [1.165, 1.54) is 19.5 Å². The molecule has 7 heteroatoms. The SMILES string of the molecule is COc1cc(-c2ncc(F)c(N3CCCC3)n2)c(Cl)cn1. The van der Waals surface area contributed by atoms with Gasteiger partial charge >= 0.3 is 0 Å². The van der Waals surface area contributed by atoms with E-state index < -0.39 is 5.82 Å². The smallest absolute Gasteiger partial charge is 0.213 e. The third kappa shape index (κ3) is 2.76.